The molecule has 17 heavy (non-hydrogen) atoms. The quantitative estimate of drug-likeness (QED) is 0.450. The summed E-state index contributed by atoms with van der Waals surface area (Å²) in [5.41, 5.74) is 11.4. The zero-order valence-electron chi connectivity index (χ0n) is 9.39. The number of anilines is 1. The van der Waals surface area contributed by atoms with Gasteiger partial charge in [0, 0.05) is 5.69 Å². The predicted octanol–water partition coefficient (Wildman–Crippen LogP) is -0.245. The van der Waals surface area contributed by atoms with Crippen molar-refractivity contribution in [3.63, 3.8) is 0 Å². The number of ether oxygens (including phenoxy) is 2. The molecule has 0 aliphatic carbocycles. The standard InChI is InChI=1S/C11H16N2O4/c12-8-1-2-10(9(7-8)11(13)15)17-6-5-16-4-3-14/h1-2,7,14H,3-6,12H2,(H2,13,15). The molecule has 0 unspecified atom stereocenters. The molecule has 0 aliphatic heterocycles. The lowest BCUT2D eigenvalue weighted by molar-refractivity contribution is 0.0701. The summed E-state index contributed by atoms with van der Waals surface area (Å²) in [4.78, 5) is 11.1. The highest BCUT2D eigenvalue weighted by atomic mass is 16.5. The Labute approximate surface area is 99.1 Å². The molecule has 0 aliphatic rings. The number of amides is 1. The average molecular weight is 240 g/mol. The molecule has 6 heteroatoms. The maximum absolute atomic E-state index is 11.1. The molecule has 6 nitrogen and oxygen atoms in total. The summed E-state index contributed by atoms with van der Waals surface area (Å²) in [6.07, 6.45) is 0. The number of carbonyl (C=O) groups is 1. The van der Waals surface area contributed by atoms with Gasteiger partial charge < -0.3 is 26.0 Å². The number of nitrogens with two attached hydrogens (primary N) is 2. The van der Waals surface area contributed by atoms with E-state index < -0.39 is 5.91 Å². The Hall–Kier alpha value is -1.79. The summed E-state index contributed by atoms with van der Waals surface area (Å²) in [6, 6.07) is 4.67. The van der Waals surface area contributed by atoms with Crippen molar-refractivity contribution < 1.29 is 19.4 Å². The summed E-state index contributed by atoms with van der Waals surface area (Å²) in [5, 5.41) is 8.49. The largest absolute Gasteiger partial charge is 0.490 e. The lowest BCUT2D eigenvalue weighted by atomic mass is 10.1. The van der Waals surface area contributed by atoms with Crippen LogP contribution in [0, 0.1) is 0 Å². The molecule has 1 rings (SSSR count). The summed E-state index contributed by atoms with van der Waals surface area (Å²) in [6.45, 7) is 0.815. The van der Waals surface area contributed by atoms with E-state index in [1.807, 2.05) is 0 Å². The first-order valence-electron chi connectivity index (χ1n) is 5.16. The van der Waals surface area contributed by atoms with Gasteiger partial charge >= 0.3 is 0 Å². The van der Waals surface area contributed by atoms with Gasteiger partial charge in [0.1, 0.15) is 12.4 Å². The number of carbonyl (C=O) groups excluding carboxylic acids is 1. The Morgan fingerprint density at radius 3 is 2.71 bits per heavy atom. The molecule has 1 aromatic carbocycles. The van der Waals surface area contributed by atoms with E-state index in [1.165, 1.54) is 6.07 Å². The second kappa shape index (κ2) is 6.72. The van der Waals surface area contributed by atoms with Crippen molar-refractivity contribution >= 4 is 11.6 Å². The van der Waals surface area contributed by atoms with Crippen molar-refractivity contribution in [2.24, 2.45) is 5.73 Å². The fourth-order valence-corrected chi connectivity index (χ4v) is 1.24. The van der Waals surface area contributed by atoms with Crippen LogP contribution in [0.2, 0.25) is 0 Å². The molecule has 1 aromatic rings. The van der Waals surface area contributed by atoms with E-state index in [4.69, 9.17) is 26.0 Å². The molecule has 1 amide bonds. The first kappa shape index (κ1) is 13.3. The van der Waals surface area contributed by atoms with Crippen LogP contribution in [0.1, 0.15) is 10.4 Å². The molecule has 0 spiro atoms. The minimum absolute atomic E-state index is 0.0333. The van der Waals surface area contributed by atoms with E-state index in [0.29, 0.717) is 18.0 Å². The Morgan fingerprint density at radius 1 is 1.29 bits per heavy atom. The highest BCUT2D eigenvalue weighted by Crippen LogP contribution is 2.20. The summed E-state index contributed by atoms with van der Waals surface area (Å²) in [7, 11) is 0. The van der Waals surface area contributed by atoms with E-state index >= 15 is 0 Å². The molecular formula is C11H16N2O4. The minimum atomic E-state index is -0.594. The van der Waals surface area contributed by atoms with Crippen LogP contribution in [0.4, 0.5) is 5.69 Å². The van der Waals surface area contributed by atoms with Gasteiger partial charge in [0.05, 0.1) is 25.4 Å². The first-order valence-corrected chi connectivity index (χ1v) is 5.16. The molecule has 0 aromatic heterocycles. The Balaban J connectivity index is 2.55. The maximum Gasteiger partial charge on any atom is 0.252 e. The molecule has 5 N–H and O–H groups in total. The van der Waals surface area contributed by atoms with Crippen LogP contribution in [0.15, 0.2) is 18.2 Å². The molecule has 94 valence electrons. The second-order valence-corrected chi connectivity index (χ2v) is 3.30. The molecule has 0 heterocycles. The molecule has 0 fully saturated rings. The molecule has 0 atom stereocenters. The van der Waals surface area contributed by atoms with Gasteiger partial charge in [-0.1, -0.05) is 0 Å². The highest BCUT2D eigenvalue weighted by molar-refractivity contribution is 5.96. The monoisotopic (exact) mass is 240 g/mol. The van der Waals surface area contributed by atoms with Crippen LogP contribution in [0.5, 0.6) is 5.75 Å². The van der Waals surface area contributed by atoms with Gasteiger partial charge in [-0.15, -0.1) is 0 Å². The topological polar surface area (TPSA) is 108 Å². The second-order valence-electron chi connectivity index (χ2n) is 3.30. The third-order valence-corrected chi connectivity index (χ3v) is 1.99. The average Bonchev–Trinajstić information content (AvgIpc) is 2.30. The third kappa shape index (κ3) is 4.29. The summed E-state index contributed by atoms with van der Waals surface area (Å²) >= 11 is 0. The number of nitrogen functional groups attached to an aromatic ring is 1. The van der Waals surface area contributed by atoms with Gasteiger partial charge in [-0.05, 0) is 18.2 Å². The van der Waals surface area contributed by atoms with Crippen LogP contribution < -0.4 is 16.2 Å². The highest BCUT2D eigenvalue weighted by Gasteiger charge is 2.09. The minimum Gasteiger partial charge on any atom is -0.490 e. The fraction of sp³-hybridized carbons (Fsp3) is 0.364. The van der Waals surface area contributed by atoms with Crippen LogP contribution in [-0.2, 0) is 4.74 Å². The Bertz CT molecular complexity index is 382. The zero-order chi connectivity index (χ0) is 12.7. The predicted molar refractivity (Wildman–Crippen MR) is 62.8 cm³/mol. The van der Waals surface area contributed by atoms with Crippen LogP contribution in [-0.4, -0.2) is 37.4 Å². The van der Waals surface area contributed by atoms with Crippen LogP contribution >= 0.6 is 0 Å². The SMILES string of the molecule is NC(=O)c1cc(N)ccc1OCCOCCO. The summed E-state index contributed by atoms with van der Waals surface area (Å²) < 4.78 is 10.3. The summed E-state index contributed by atoms with van der Waals surface area (Å²) in [5.74, 6) is -0.220. The van der Waals surface area contributed by atoms with Crippen LogP contribution in [0.25, 0.3) is 0 Å². The number of benzene rings is 1. The van der Waals surface area contributed by atoms with Crippen molar-refractivity contribution in [2.45, 2.75) is 0 Å². The van der Waals surface area contributed by atoms with E-state index in [2.05, 4.69) is 0 Å². The van der Waals surface area contributed by atoms with Gasteiger partial charge in [-0.25, -0.2) is 0 Å². The van der Waals surface area contributed by atoms with Crippen molar-refractivity contribution in [3.05, 3.63) is 23.8 Å². The van der Waals surface area contributed by atoms with Gasteiger partial charge in [-0.3, -0.25) is 4.79 Å². The number of aliphatic hydroxyl groups excluding tert-OH is 1. The third-order valence-electron chi connectivity index (χ3n) is 1.99. The molecule has 0 radical (unpaired) electrons. The lowest BCUT2D eigenvalue weighted by Crippen LogP contribution is -2.15. The molecular weight excluding hydrogens is 224 g/mol. The molecule has 0 bridgehead atoms. The maximum atomic E-state index is 11.1. The Kier molecular flexibility index (Phi) is 5.25. The van der Waals surface area contributed by atoms with Crippen molar-refractivity contribution in [3.8, 4) is 5.75 Å². The van der Waals surface area contributed by atoms with Crippen LogP contribution in [0.3, 0.4) is 0 Å². The lowest BCUT2D eigenvalue weighted by Gasteiger charge is -2.10. The Morgan fingerprint density at radius 2 is 2.06 bits per heavy atom. The van der Waals surface area contributed by atoms with E-state index in [1.54, 1.807) is 12.1 Å². The van der Waals surface area contributed by atoms with Crippen molar-refractivity contribution in [1.82, 2.24) is 0 Å². The van der Waals surface area contributed by atoms with Gasteiger partial charge in [0.25, 0.3) is 5.91 Å². The number of aliphatic hydroxyl groups is 1. The van der Waals surface area contributed by atoms with Crippen molar-refractivity contribution in [1.29, 1.82) is 0 Å². The van der Waals surface area contributed by atoms with Gasteiger partial charge in [0.15, 0.2) is 0 Å². The number of hydrogen-bond acceptors (Lipinski definition) is 5. The zero-order valence-corrected chi connectivity index (χ0v) is 9.39. The van der Waals surface area contributed by atoms with E-state index in [9.17, 15) is 4.79 Å². The van der Waals surface area contributed by atoms with Gasteiger partial charge in [-0.2, -0.15) is 0 Å². The van der Waals surface area contributed by atoms with E-state index in [0.717, 1.165) is 0 Å². The molecule has 0 saturated carbocycles. The number of rotatable bonds is 7. The molecule has 0 saturated heterocycles. The fourth-order valence-electron chi connectivity index (χ4n) is 1.24. The smallest absolute Gasteiger partial charge is 0.252 e. The normalized spacial score (nSPS) is 10.2. The van der Waals surface area contributed by atoms with Gasteiger partial charge in [0.2, 0.25) is 0 Å². The first-order chi connectivity index (χ1) is 8.15. The van der Waals surface area contributed by atoms with Crippen molar-refractivity contribution in [2.75, 3.05) is 32.2 Å². The number of primary amides is 1. The van der Waals surface area contributed by atoms with E-state index in [-0.39, 0.29) is 25.4 Å². The number of hydrogen-bond donors (Lipinski definition) is 3.